The SMILES string of the molecule is CC1(NCCSc2ccccc2)CCCCC1. The maximum atomic E-state index is 3.75. The molecule has 1 aromatic carbocycles. The summed E-state index contributed by atoms with van der Waals surface area (Å²) in [5, 5.41) is 3.75. The maximum Gasteiger partial charge on any atom is 0.0153 e. The van der Waals surface area contributed by atoms with Gasteiger partial charge in [0, 0.05) is 22.7 Å². The van der Waals surface area contributed by atoms with Gasteiger partial charge in [-0.25, -0.2) is 0 Å². The van der Waals surface area contributed by atoms with Crippen LogP contribution in [0.2, 0.25) is 0 Å². The van der Waals surface area contributed by atoms with Gasteiger partial charge in [0.1, 0.15) is 0 Å². The van der Waals surface area contributed by atoms with Gasteiger partial charge in [-0.3, -0.25) is 0 Å². The second-order valence-electron chi connectivity index (χ2n) is 5.21. The molecular weight excluding hydrogens is 226 g/mol. The Morgan fingerprint density at radius 1 is 1.12 bits per heavy atom. The molecule has 1 fully saturated rings. The van der Waals surface area contributed by atoms with Gasteiger partial charge in [0.2, 0.25) is 0 Å². The van der Waals surface area contributed by atoms with E-state index in [4.69, 9.17) is 0 Å². The van der Waals surface area contributed by atoms with E-state index in [0.717, 1.165) is 6.54 Å². The van der Waals surface area contributed by atoms with Crippen molar-refractivity contribution in [2.45, 2.75) is 49.5 Å². The number of nitrogens with one attached hydrogen (secondary N) is 1. The Hall–Kier alpha value is -0.470. The molecule has 0 bridgehead atoms. The number of thioether (sulfide) groups is 1. The molecule has 1 aliphatic carbocycles. The van der Waals surface area contributed by atoms with E-state index in [2.05, 4.69) is 42.6 Å². The average Bonchev–Trinajstić information content (AvgIpc) is 2.37. The molecule has 0 spiro atoms. The predicted octanol–water partition coefficient (Wildman–Crippen LogP) is 4.09. The minimum Gasteiger partial charge on any atom is -0.311 e. The molecule has 94 valence electrons. The van der Waals surface area contributed by atoms with Gasteiger partial charge in [-0.2, -0.15) is 0 Å². The first-order chi connectivity index (χ1) is 8.29. The molecule has 2 heteroatoms. The molecule has 2 rings (SSSR count). The first-order valence-electron chi connectivity index (χ1n) is 6.71. The third kappa shape index (κ3) is 4.36. The van der Waals surface area contributed by atoms with E-state index in [9.17, 15) is 0 Å². The topological polar surface area (TPSA) is 12.0 Å². The second kappa shape index (κ2) is 6.46. The van der Waals surface area contributed by atoms with Crippen LogP contribution in [-0.4, -0.2) is 17.8 Å². The van der Waals surface area contributed by atoms with E-state index in [1.807, 2.05) is 11.8 Å². The highest BCUT2D eigenvalue weighted by Crippen LogP contribution is 2.27. The zero-order valence-corrected chi connectivity index (χ0v) is 11.6. The van der Waals surface area contributed by atoms with E-state index in [0.29, 0.717) is 5.54 Å². The zero-order valence-electron chi connectivity index (χ0n) is 10.7. The average molecular weight is 249 g/mol. The molecule has 0 saturated heterocycles. The normalized spacial score (nSPS) is 19.1. The molecule has 0 heterocycles. The summed E-state index contributed by atoms with van der Waals surface area (Å²) in [6, 6.07) is 10.7. The van der Waals surface area contributed by atoms with Crippen LogP contribution in [0.4, 0.5) is 0 Å². The van der Waals surface area contributed by atoms with Crippen LogP contribution in [0.3, 0.4) is 0 Å². The van der Waals surface area contributed by atoms with Gasteiger partial charge in [-0.05, 0) is 31.9 Å². The molecule has 0 atom stereocenters. The quantitative estimate of drug-likeness (QED) is 0.623. The van der Waals surface area contributed by atoms with Crippen LogP contribution in [0.1, 0.15) is 39.0 Å². The summed E-state index contributed by atoms with van der Waals surface area (Å²) in [4.78, 5) is 1.38. The van der Waals surface area contributed by atoms with Crippen molar-refractivity contribution in [2.75, 3.05) is 12.3 Å². The van der Waals surface area contributed by atoms with E-state index in [1.165, 1.54) is 42.8 Å². The van der Waals surface area contributed by atoms with Gasteiger partial charge in [-0.1, -0.05) is 37.5 Å². The van der Waals surface area contributed by atoms with Crippen molar-refractivity contribution in [3.63, 3.8) is 0 Å². The van der Waals surface area contributed by atoms with Crippen molar-refractivity contribution in [1.82, 2.24) is 5.32 Å². The molecule has 0 radical (unpaired) electrons. The van der Waals surface area contributed by atoms with Crippen molar-refractivity contribution in [2.24, 2.45) is 0 Å². The summed E-state index contributed by atoms with van der Waals surface area (Å²) >= 11 is 1.95. The summed E-state index contributed by atoms with van der Waals surface area (Å²) in [5.41, 5.74) is 0.412. The molecule has 0 unspecified atom stereocenters. The molecule has 1 aromatic rings. The Balaban J connectivity index is 1.66. The van der Waals surface area contributed by atoms with Gasteiger partial charge in [0.25, 0.3) is 0 Å². The standard InChI is InChI=1S/C15H23NS/c1-15(10-6-3-7-11-15)16-12-13-17-14-8-4-2-5-9-14/h2,4-5,8-9,16H,3,6-7,10-13H2,1H3. The third-order valence-electron chi connectivity index (χ3n) is 3.62. The van der Waals surface area contributed by atoms with Crippen LogP contribution < -0.4 is 5.32 Å². The van der Waals surface area contributed by atoms with Gasteiger partial charge in [0.15, 0.2) is 0 Å². The van der Waals surface area contributed by atoms with Crippen molar-refractivity contribution < 1.29 is 0 Å². The fourth-order valence-electron chi connectivity index (χ4n) is 2.55. The number of rotatable bonds is 5. The summed E-state index contributed by atoms with van der Waals surface area (Å²) in [6.45, 7) is 3.51. The summed E-state index contributed by atoms with van der Waals surface area (Å²) in [5.74, 6) is 1.17. The Bertz CT molecular complexity index is 317. The van der Waals surface area contributed by atoms with Gasteiger partial charge < -0.3 is 5.32 Å². The maximum absolute atomic E-state index is 3.75. The van der Waals surface area contributed by atoms with Crippen LogP contribution >= 0.6 is 11.8 Å². The lowest BCUT2D eigenvalue weighted by Gasteiger charge is -2.34. The molecule has 17 heavy (non-hydrogen) atoms. The second-order valence-corrected chi connectivity index (χ2v) is 6.38. The van der Waals surface area contributed by atoms with Crippen LogP contribution in [-0.2, 0) is 0 Å². The first kappa shape index (κ1) is 13.0. The Morgan fingerprint density at radius 2 is 1.82 bits per heavy atom. The molecule has 1 nitrogen and oxygen atoms in total. The molecule has 1 saturated carbocycles. The highest BCUT2D eigenvalue weighted by atomic mass is 32.2. The smallest absolute Gasteiger partial charge is 0.0153 e. The number of hydrogen-bond acceptors (Lipinski definition) is 2. The third-order valence-corrected chi connectivity index (χ3v) is 4.64. The van der Waals surface area contributed by atoms with Crippen molar-refractivity contribution >= 4 is 11.8 Å². The molecule has 0 amide bonds. The highest BCUT2D eigenvalue weighted by molar-refractivity contribution is 7.99. The van der Waals surface area contributed by atoms with Gasteiger partial charge in [0.05, 0.1) is 0 Å². The van der Waals surface area contributed by atoms with E-state index in [-0.39, 0.29) is 0 Å². The fourth-order valence-corrected chi connectivity index (χ4v) is 3.34. The number of hydrogen-bond donors (Lipinski definition) is 1. The largest absolute Gasteiger partial charge is 0.311 e. The van der Waals surface area contributed by atoms with Crippen molar-refractivity contribution in [3.05, 3.63) is 30.3 Å². The highest BCUT2D eigenvalue weighted by Gasteiger charge is 2.25. The molecule has 1 N–H and O–H groups in total. The molecule has 0 aliphatic heterocycles. The Kier molecular flexibility index (Phi) is 4.93. The Morgan fingerprint density at radius 3 is 2.53 bits per heavy atom. The van der Waals surface area contributed by atoms with Gasteiger partial charge in [-0.15, -0.1) is 11.8 Å². The summed E-state index contributed by atoms with van der Waals surface area (Å²) in [6.07, 6.45) is 6.92. The minimum atomic E-state index is 0.412. The van der Waals surface area contributed by atoms with E-state index < -0.39 is 0 Å². The lowest BCUT2D eigenvalue weighted by Crippen LogP contribution is -2.44. The van der Waals surface area contributed by atoms with Crippen molar-refractivity contribution in [1.29, 1.82) is 0 Å². The zero-order chi connectivity index (χ0) is 12.0. The van der Waals surface area contributed by atoms with Gasteiger partial charge >= 0.3 is 0 Å². The van der Waals surface area contributed by atoms with E-state index >= 15 is 0 Å². The first-order valence-corrected chi connectivity index (χ1v) is 7.70. The monoisotopic (exact) mass is 249 g/mol. The summed E-state index contributed by atoms with van der Waals surface area (Å²) < 4.78 is 0. The molecular formula is C15H23NS. The lowest BCUT2D eigenvalue weighted by molar-refractivity contribution is 0.260. The minimum absolute atomic E-state index is 0.412. The van der Waals surface area contributed by atoms with E-state index in [1.54, 1.807) is 0 Å². The number of benzene rings is 1. The van der Waals surface area contributed by atoms with Crippen LogP contribution in [0.15, 0.2) is 35.2 Å². The van der Waals surface area contributed by atoms with Crippen LogP contribution in [0.5, 0.6) is 0 Å². The predicted molar refractivity (Wildman–Crippen MR) is 76.7 cm³/mol. The molecule has 0 aromatic heterocycles. The lowest BCUT2D eigenvalue weighted by atomic mass is 9.83. The van der Waals surface area contributed by atoms with Crippen LogP contribution in [0, 0.1) is 0 Å². The summed E-state index contributed by atoms with van der Waals surface area (Å²) in [7, 11) is 0. The van der Waals surface area contributed by atoms with Crippen molar-refractivity contribution in [3.8, 4) is 0 Å². The molecule has 1 aliphatic rings. The fraction of sp³-hybridized carbons (Fsp3) is 0.600. The Labute approximate surface area is 109 Å². The van der Waals surface area contributed by atoms with Crippen LogP contribution in [0.25, 0.3) is 0 Å².